The van der Waals surface area contributed by atoms with Gasteiger partial charge in [0.05, 0.1) is 0 Å². The number of halogens is 1. The van der Waals surface area contributed by atoms with E-state index in [0.717, 1.165) is 11.0 Å². The normalized spacial score (nSPS) is 10.8. The maximum atomic E-state index is 14.0. The highest BCUT2D eigenvalue weighted by Gasteiger charge is 2.11. The zero-order valence-corrected chi connectivity index (χ0v) is 12.1. The minimum absolute atomic E-state index is 0.0106. The summed E-state index contributed by atoms with van der Waals surface area (Å²) in [6, 6.07) is 11.6. The van der Waals surface area contributed by atoms with Crippen molar-refractivity contribution in [3.8, 4) is 11.5 Å². The van der Waals surface area contributed by atoms with Crippen molar-refractivity contribution < 1.29 is 19.0 Å². The third kappa shape index (κ3) is 3.86. The molecule has 0 saturated heterocycles. The summed E-state index contributed by atoms with van der Waals surface area (Å²) >= 11 is 1.49. The summed E-state index contributed by atoms with van der Waals surface area (Å²) in [5.41, 5.74) is 0.369. The Kier molecular flexibility index (Phi) is 5.00. The van der Waals surface area contributed by atoms with Gasteiger partial charge in [0, 0.05) is 16.5 Å². The molecule has 0 aliphatic heterocycles. The molecule has 0 bridgehead atoms. The van der Waals surface area contributed by atoms with E-state index < -0.39 is 11.8 Å². The topological polar surface area (TPSA) is 46.5 Å². The molecule has 0 saturated carbocycles. The molecule has 0 unspecified atom stereocenters. The first kappa shape index (κ1) is 15.1. The Bertz CT molecular complexity index is 683. The van der Waals surface area contributed by atoms with Gasteiger partial charge in [0.15, 0.2) is 11.6 Å². The predicted molar refractivity (Wildman–Crippen MR) is 81.4 cm³/mol. The second kappa shape index (κ2) is 6.95. The van der Waals surface area contributed by atoms with Crippen LogP contribution in [0.4, 0.5) is 4.39 Å². The van der Waals surface area contributed by atoms with E-state index >= 15 is 0 Å². The summed E-state index contributed by atoms with van der Waals surface area (Å²) in [4.78, 5) is 11.5. The molecule has 0 aliphatic carbocycles. The van der Waals surface area contributed by atoms with Crippen molar-refractivity contribution in [2.75, 3.05) is 6.26 Å². The summed E-state index contributed by atoms with van der Waals surface area (Å²) in [6.07, 6.45) is 4.15. The smallest absolute Gasteiger partial charge is 0.328 e. The van der Waals surface area contributed by atoms with Crippen LogP contribution in [0.2, 0.25) is 0 Å². The molecule has 3 nitrogen and oxygen atoms in total. The van der Waals surface area contributed by atoms with Crippen molar-refractivity contribution in [1.82, 2.24) is 0 Å². The monoisotopic (exact) mass is 304 g/mol. The van der Waals surface area contributed by atoms with Crippen LogP contribution >= 0.6 is 11.8 Å². The third-order valence-electron chi connectivity index (χ3n) is 2.68. The molecule has 108 valence electrons. The molecule has 0 fully saturated rings. The van der Waals surface area contributed by atoms with Gasteiger partial charge < -0.3 is 9.84 Å². The van der Waals surface area contributed by atoms with E-state index in [1.807, 2.05) is 18.4 Å². The van der Waals surface area contributed by atoms with Gasteiger partial charge in [-0.1, -0.05) is 24.3 Å². The van der Waals surface area contributed by atoms with Gasteiger partial charge in [-0.05, 0) is 30.5 Å². The molecule has 2 rings (SSSR count). The first-order chi connectivity index (χ1) is 10.1. The molecule has 21 heavy (non-hydrogen) atoms. The molecule has 0 aliphatic rings. The molecule has 0 amide bonds. The second-order valence-corrected chi connectivity index (χ2v) is 4.93. The van der Waals surface area contributed by atoms with Crippen LogP contribution in [0.15, 0.2) is 53.4 Å². The highest BCUT2D eigenvalue weighted by atomic mass is 32.2. The minimum Gasteiger partial charge on any atom is -0.478 e. The van der Waals surface area contributed by atoms with Crippen LogP contribution in [0.3, 0.4) is 0 Å². The molecule has 0 radical (unpaired) electrons. The summed E-state index contributed by atoms with van der Waals surface area (Å²) in [5, 5.41) is 8.68. The van der Waals surface area contributed by atoms with Crippen LogP contribution < -0.4 is 4.74 Å². The Balaban J connectivity index is 2.41. The van der Waals surface area contributed by atoms with Crippen LogP contribution in [0, 0.1) is 5.82 Å². The van der Waals surface area contributed by atoms with Gasteiger partial charge in [-0.2, -0.15) is 0 Å². The average Bonchev–Trinajstić information content (AvgIpc) is 2.48. The van der Waals surface area contributed by atoms with Crippen molar-refractivity contribution in [3.05, 3.63) is 59.9 Å². The summed E-state index contributed by atoms with van der Waals surface area (Å²) in [7, 11) is 0. The van der Waals surface area contributed by atoms with Gasteiger partial charge in [0.2, 0.25) is 0 Å². The first-order valence-corrected chi connectivity index (χ1v) is 7.34. The summed E-state index contributed by atoms with van der Waals surface area (Å²) in [5.74, 6) is -1.11. The molecule has 0 aromatic heterocycles. The van der Waals surface area contributed by atoms with Gasteiger partial charge in [-0.25, -0.2) is 9.18 Å². The first-order valence-electron chi connectivity index (χ1n) is 6.12. The number of ether oxygens (including phenoxy) is 1. The maximum absolute atomic E-state index is 14.0. The lowest BCUT2D eigenvalue weighted by atomic mass is 10.1. The van der Waals surface area contributed by atoms with Crippen molar-refractivity contribution in [2.45, 2.75) is 4.90 Å². The van der Waals surface area contributed by atoms with Gasteiger partial charge in [-0.15, -0.1) is 11.8 Å². The molecule has 0 atom stereocenters. The number of benzene rings is 2. The van der Waals surface area contributed by atoms with Crippen molar-refractivity contribution in [2.24, 2.45) is 0 Å². The van der Waals surface area contributed by atoms with Gasteiger partial charge in [0.25, 0.3) is 0 Å². The molecule has 5 heteroatoms. The molecular formula is C16H13FO3S. The number of carboxylic acid groups (broad SMARTS) is 1. The Morgan fingerprint density at radius 3 is 2.71 bits per heavy atom. The fraction of sp³-hybridized carbons (Fsp3) is 0.0625. The number of carbonyl (C=O) groups is 1. The zero-order chi connectivity index (χ0) is 15.2. The molecule has 0 spiro atoms. The van der Waals surface area contributed by atoms with E-state index in [1.54, 1.807) is 18.2 Å². The summed E-state index contributed by atoms with van der Waals surface area (Å²) in [6.45, 7) is 0. The van der Waals surface area contributed by atoms with Crippen LogP contribution in [-0.2, 0) is 4.79 Å². The lowest BCUT2D eigenvalue weighted by Crippen LogP contribution is -1.94. The van der Waals surface area contributed by atoms with E-state index in [0.29, 0.717) is 11.3 Å². The number of hydrogen-bond donors (Lipinski definition) is 1. The Morgan fingerprint density at radius 2 is 2.00 bits per heavy atom. The Hall–Kier alpha value is -2.27. The van der Waals surface area contributed by atoms with Crippen LogP contribution in [-0.4, -0.2) is 17.3 Å². The van der Waals surface area contributed by atoms with E-state index in [9.17, 15) is 9.18 Å². The molecule has 1 N–H and O–H groups in total. The average molecular weight is 304 g/mol. The number of carboxylic acids is 1. The SMILES string of the molecule is CSc1ccccc1Oc1c(F)cccc1/C=C/C(=O)O. The van der Waals surface area contributed by atoms with E-state index in [-0.39, 0.29) is 5.75 Å². The largest absolute Gasteiger partial charge is 0.478 e. The Morgan fingerprint density at radius 1 is 1.24 bits per heavy atom. The van der Waals surface area contributed by atoms with Gasteiger partial charge in [0.1, 0.15) is 5.75 Å². The number of rotatable bonds is 5. The molecule has 2 aromatic carbocycles. The van der Waals surface area contributed by atoms with Gasteiger partial charge >= 0.3 is 5.97 Å². The van der Waals surface area contributed by atoms with E-state index in [2.05, 4.69) is 0 Å². The van der Waals surface area contributed by atoms with Crippen molar-refractivity contribution in [3.63, 3.8) is 0 Å². The fourth-order valence-electron chi connectivity index (χ4n) is 1.74. The molecule has 2 aromatic rings. The zero-order valence-electron chi connectivity index (χ0n) is 11.2. The maximum Gasteiger partial charge on any atom is 0.328 e. The molecular weight excluding hydrogens is 291 g/mol. The predicted octanol–water partition coefficient (Wildman–Crippen LogP) is 4.44. The van der Waals surface area contributed by atoms with E-state index in [1.165, 1.54) is 30.0 Å². The van der Waals surface area contributed by atoms with Crippen LogP contribution in [0.5, 0.6) is 11.5 Å². The summed E-state index contributed by atoms with van der Waals surface area (Å²) < 4.78 is 19.6. The third-order valence-corrected chi connectivity index (χ3v) is 3.46. The highest BCUT2D eigenvalue weighted by Crippen LogP contribution is 2.34. The lowest BCUT2D eigenvalue weighted by Gasteiger charge is -2.12. The Labute approximate surface area is 126 Å². The van der Waals surface area contributed by atoms with Crippen molar-refractivity contribution in [1.29, 1.82) is 0 Å². The number of aliphatic carboxylic acids is 1. The minimum atomic E-state index is -1.10. The highest BCUT2D eigenvalue weighted by molar-refractivity contribution is 7.98. The van der Waals surface area contributed by atoms with E-state index in [4.69, 9.17) is 9.84 Å². The number of hydrogen-bond acceptors (Lipinski definition) is 3. The lowest BCUT2D eigenvalue weighted by molar-refractivity contribution is -0.131. The fourth-order valence-corrected chi connectivity index (χ4v) is 2.26. The molecule has 0 heterocycles. The van der Waals surface area contributed by atoms with Gasteiger partial charge in [-0.3, -0.25) is 0 Å². The number of para-hydroxylation sites is 2. The second-order valence-electron chi connectivity index (χ2n) is 4.08. The van der Waals surface area contributed by atoms with Crippen LogP contribution in [0.1, 0.15) is 5.56 Å². The quantitative estimate of drug-likeness (QED) is 0.655. The van der Waals surface area contributed by atoms with Crippen molar-refractivity contribution >= 4 is 23.8 Å². The number of thioether (sulfide) groups is 1. The standard InChI is InChI=1S/C16H13FO3S/c1-21-14-8-3-2-7-13(14)20-16-11(9-10-15(18)19)5-4-6-12(16)17/h2-10H,1H3,(H,18,19)/b10-9+. The van der Waals surface area contributed by atoms with Crippen LogP contribution in [0.25, 0.3) is 6.08 Å².